The fourth-order valence-corrected chi connectivity index (χ4v) is 3.84. The number of para-hydroxylation sites is 1. The van der Waals surface area contributed by atoms with Crippen LogP contribution in [0.3, 0.4) is 0 Å². The first-order valence-electron chi connectivity index (χ1n) is 9.92. The van der Waals surface area contributed by atoms with Crippen LogP contribution >= 0.6 is 0 Å². The lowest BCUT2D eigenvalue weighted by Crippen LogP contribution is -2.47. The molecule has 0 atom stereocenters. The summed E-state index contributed by atoms with van der Waals surface area (Å²) in [5.74, 6) is 1.48. The fraction of sp³-hybridized carbons (Fsp3) is 0.227. The van der Waals surface area contributed by atoms with Gasteiger partial charge in [0.15, 0.2) is 17.3 Å². The first-order chi connectivity index (χ1) is 14.6. The molecule has 7 nitrogen and oxygen atoms in total. The number of aryl methyl sites for hydroxylation is 1. The first-order valence-corrected chi connectivity index (χ1v) is 9.92. The van der Waals surface area contributed by atoms with Gasteiger partial charge in [-0.1, -0.05) is 18.2 Å². The van der Waals surface area contributed by atoms with E-state index in [2.05, 4.69) is 24.8 Å². The molecule has 1 saturated heterocycles. The van der Waals surface area contributed by atoms with Gasteiger partial charge in [0, 0.05) is 26.2 Å². The Bertz CT molecular complexity index is 1210. The maximum Gasteiger partial charge on any atom is 0.161 e. The number of imidazole rings is 1. The van der Waals surface area contributed by atoms with E-state index in [0.29, 0.717) is 49.2 Å². The summed E-state index contributed by atoms with van der Waals surface area (Å²) in [6.45, 7) is 4.87. The summed E-state index contributed by atoms with van der Waals surface area (Å²) in [7, 11) is 0. The van der Waals surface area contributed by atoms with Crippen molar-refractivity contribution in [2.45, 2.75) is 6.92 Å². The van der Waals surface area contributed by atoms with Crippen LogP contribution in [-0.4, -0.2) is 46.1 Å². The number of hydrogen-bond donors (Lipinski definition) is 2. The number of aromatic nitrogens is 4. The molecule has 0 bridgehead atoms. The van der Waals surface area contributed by atoms with Gasteiger partial charge in [-0.2, -0.15) is 0 Å². The van der Waals surface area contributed by atoms with Gasteiger partial charge in [-0.3, -0.25) is 0 Å². The zero-order valence-electron chi connectivity index (χ0n) is 16.6. The van der Waals surface area contributed by atoms with E-state index in [1.54, 1.807) is 12.3 Å². The highest BCUT2D eigenvalue weighted by Crippen LogP contribution is 2.27. The second-order valence-electron chi connectivity index (χ2n) is 7.49. The van der Waals surface area contributed by atoms with Crippen molar-refractivity contribution in [2.24, 2.45) is 0 Å². The molecule has 0 spiro atoms. The van der Waals surface area contributed by atoms with Gasteiger partial charge in [0.25, 0.3) is 0 Å². The molecule has 5 rings (SSSR count). The van der Waals surface area contributed by atoms with Crippen molar-refractivity contribution >= 4 is 28.4 Å². The Morgan fingerprint density at radius 2 is 1.77 bits per heavy atom. The molecule has 3 heterocycles. The van der Waals surface area contributed by atoms with Crippen molar-refractivity contribution in [2.75, 3.05) is 41.7 Å². The molecule has 152 valence electrons. The molecule has 0 aliphatic carbocycles. The van der Waals surface area contributed by atoms with E-state index in [4.69, 9.17) is 10.7 Å². The van der Waals surface area contributed by atoms with Gasteiger partial charge in [-0.05, 0) is 36.8 Å². The Balaban J connectivity index is 1.39. The maximum atomic E-state index is 14.1. The Morgan fingerprint density at radius 1 is 1.00 bits per heavy atom. The Morgan fingerprint density at radius 3 is 2.57 bits per heavy atom. The fourth-order valence-electron chi connectivity index (χ4n) is 3.84. The van der Waals surface area contributed by atoms with Crippen LogP contribution in [0.2, 0.25) is 0 Å². The zero-order chi connectivity index (χ0) is 20.7. The third-order valence-corrected chi connectivity index (χ3v) is 5.45. The SMILES string of the molecule is Cc1ccc2nc(-c3nc(N4CCN(c5ccccc5F)CC4)cnc3N)[nH]c2c1. The molecule has 1 aliphatic rings. The molecule has 0 amide bonds. The molecule has 1 aliphatic heterocycles. The molecule has 0 saturated carbocycles. The quantitative estimate of drug-likeness (QED) is 0.545. The third kappa shape index (κ3) is 3.30. The van der Waals surface area contributed by atoms with Gasteiger partial charge in [-0.15, -0.1) is 0 Å². The Labute approximate surface area is 173 Å². The van der Waals surface area contributed by atoms with Crippen LogP contribution in [0, 0.1) is 12.7 Å². The van der Waals surface area contributed by atoms with E-state index >= 15 is 0 Å². The van der Waals surface area contributed by atoms with Gasteiger partial charge >= 0.3 is 0 Å². The first kappa shape index (κ1) is 18.4. The number of H-pyrrole nitrogens is 1. The van der Waals surface area contributed by atoms with Crippen LogP contribution in [0.25, 0.3) is 22.6 Å². The predicted molar refractivity (Wildman–Crippen MR) is 117 cm³/mol. The molecule has 8 heteroatoms. The van der Waals surface area contributed by atoms with E-state index < -0.39 is 0 Å². The van der Waals surface area contributed by atoms with Crippen molar-refractivity contribution < 1.29 is 4.39 Å². The molecular weight excluding hydrogens is 381 g/mol. The molecule has 30 heavy (non-hydrogen) atoms. The lowest BCUT2D eigenvalue weighted by atomic mass is 10.2. The van der Waals surface area contributed by atoms with Crippen LogP contribution < -0.4 is 15.5 Å². The van der Waals surface area contributed by atoms with E-state index in [9.17, 15) is 4.39 Å². The van der Waals surface area contributed by atoms with E-state index in [-0.39, 0.29) is 5.82 Å². The number of benzene rings is 2. The standard InChI is InChI=1S/C22H22FN7/c1-14-6-7-16-17(12-14)27-22(26-16)20-21(24)25-13-19(28-20)30-10-8-29(9-11-30)18-5-3-2-4-15(18)23/h2-7,12-13H,8-11H2,1H3,(H2,24,25)(H,26,27). The number of piperazine rings is 1. The van der Waals surface area contributed by atoms with Crippen molar-refractivity contribution in [3.05, 3.63) is 60.0 Å². The number of nitrogens with zero attached hydrogens (tertiary/aromatic N) is 5. The summed E-state index contributed by atoms with van der Waals surface area (Å²) in [6, 6.07) is 12.9. The van der Waals surface area contributed by atoms with Crippen LogP contribution in [0.5, 0.6) is 0 Å². The molecule has 1 fully saturated rings. The smallest absolute Gasteiger partial charge is 0.161 e. The Hall–Kier alpha value is -3.68. The largest absolute Gasteiger partial charge is 0.382 e. The molecule has 3 N–H and O–H groups in total. The third-order valence-electron chi connectivity index (χ3n) is 5.45. The van der Waals surface area contributed by atoms with Gasteiger partial charge in [0.05, 0.1) is 22.9 Å². The summed E-state index contributed by atoms with van der Waals surface area (Å²) in [5, 5.41) is 0. The van der Waals surface area contributed by atoms with Gasteiger partial charge in [0.2, 0.25) is 0 Å². The summed E-state index contributed by atoms with van der Waals surface area (Å²) in [6.07, 6.45) is 1.68. The number of fused-ring (bicyclic) bond motifs is 1. The summed E-state index contributed by atoms with van der Waals surface area (Å²) >= 11 is 0. The molecule has 4 aromatic rings. The number of nitrogens with two attached hydrogens (primary N) is 1. The second-order valence-corrected chi connectivity index (χ2v) is 7.49. The highest BCUT2D eigenvalue weighted by Gasteiger charge is 2.22. The Kier molecular flexibility index (Phi) is 4.46. The minimum atomic E-state index is -0.194. The summed E-state index contributed by atoms with van der Waals surface area (Å²) < 4.78 is 14.1. The number of rotatable bonds is 3. The summed E-state index contributed by atoms with van der Waals surface area (Å²) in [4.78, 5) is 21.2. The summed E-state index contributed by atoms with van der Waals surface area (Å²) in [5.41, 5.74) is 10.2. The van der Waals surface area contributed by atoms with E-state index in [1.165, 1.54) is 6.07 Å². The molecule has 0 unspecified atom stereocenters. The maximum absolute atomic E-state index is 14.1. The highest BCUT2D eigenvalue weighted by atomic mass is 19.1. The lowest BCUT2D eigenvalue weighted by Gasteiger charge is -2.36. The average Bonchev–Trinajstić information content (AvgIpc) is 3.17. The topological polar surface area (TPSA) is 87.0 Å². The van der Waals surface area contributed by atoms with Gasteiger partial charge in [-0.25, -0.2) is 19.3 Å². The number of nitrogens with one attached hydrogen (secondary N) is 1. The number of nitrogen functional groups attached to an aromatic ring is 1. The van der Waals surface area contributed by atoms with E-state index in [0.717, 1.165) is 22.4 Å². The molecular formula is C22H22FN7. The van der Waals surface area contributed by atoms with Crippen LogP contribution in [0.4, 0.5) is 21.7 Å². The minimum Gasteiger partial charge on any atom is -0.382 e. The number of anilines is 3. The second kappa shape index (κ2) is 7.29. The van der Waals surface area contributed by atoms with Crippen molar-refractivity contribution in [3.63, 3.8) is 0 Å². The van der Waals surface area contributed by atoms with Crippen LogP contribution in [0.1, 0.15) is 5.56 Å². The van der Waals surface area contributed by atoms with E-state index in [1.807, 2.05) is 37.3 Å². The van der Waals surface area contributed by atoms with Gasteiger partial charge in [0.1, 0.15) is 11.6 Å². The number of halogens is 1. The predicted octanol–water partition coefficient (Wildman–Crippen LogP) is 3.38. The van der Waals surface area contributed by atoms with Crippen molar-refractivity contribution in [1.82, 2.24) is 19.9 Å². The molecule has 2 aromatic heterocycles. The molecule has 2 aromatic carbocycles. The average molecular weight is 403 g/mol. The van der Waals surface area contributed by atoms with Crippen LogP contribution in [0.15, 0.2) is 48.7 Å². The number of hydrogen-bond acceptors (Lipinski definition) is 6. The van der Waals surface area contributed by atoms with Crippen molar-refractivity contribution in [3.8, 4) is 11.5 Å². The lowest BCUT2D eigenvalue weighted by molar-refractivity contribution is 0.596. The molecule has 0 radical (unpaired) electrons. The van der Waals surface area contributed by atoms with Crippen LogP contribution in [-0.2, 0) is 0 Å². The number of aromatic amines is 1. The monoisotopic (exact) mass is 403 g/mol. The van der Waals surface area contributed by atoms with Gasteiger partial charge < -0.3 is 20.5 Å². The highest BCUT2D eigenvalue weighted by molar-refractivity contribution is 5.81. The zero-order valence-corrected chi connectivity index (χ0v) is 16.6. The normalized spacial score (nSPS) is 14.5. The minimum absolute atomic E-state index is 0.194. The van der Waals surface area contributed by atoms with Crippen molar-refractivity contribution in [1.29, 1.82) is 0 Å².